The van der Waals surface area contributed by atoms with E-state index < -0.39 is 18.3 Å². The van der Waals surface area contributed by atoms with Crippen molar-refractivity contribution in [2.45, 2.75) is 71.2 Å². The molecule has 0 aromatic heterocycles. The number of benzene rings is 1. The smallest absolute Gasteiger partial charge is 0.399 e. The minimum absolute atomic E-state index is 0.173. The summed E-state index contributed by atoms with van der Waals surface area (Å²) in [6.45, 7) is 14.1. The molecule has 7 heteroatoms. The number of morpholine rings is 1. The molecule has 0 radical (unpaired) electrons. The van der Waals surface area contributed by atoms with Crippen molar-refractivity contribution in [1.82, 2.24) is 4.90 Å². The quantitative estimate of drug-likeness (QED) is 0.712. The Labute approximate surface area is 180 Å². The van der Waals surface area contributed by atoms with Gasteiger partial charge in [0.1, 0.15) is 0 Å². The van der Waals surface area contributed by atoms with Crippen LogP contribution in [0.4, 0.5) is 5.69 Å². The lowest BCUT2D eigenvalue weighted by molar-refractivity contribution is 0.00578. The highest BCUT2D eigenvalue weighted by molar-refractivity contribution is 6.62. The average Bonchev–Trinajstić information content (AvgIpc) is 3.46. The third-order valence-corrected chi connectivity index (χ3v) is 7.71. The van der Waals surface area contributed by atoms with Gasteiger partial charge in [-0.3, -0.25) is 4.79 Å². The summed E-state index contributed by atoms with van der Waals surface area (Å²) < 4.78 is 18.2. The maximum Gasteiger partial charge on any atom is 0.494 e. The fourth-order valence-corrected chi connectivity index (χ4v) is 4.81. The monoisotopic (exact) mass is 412 g/mol. The number of anilines is 1. The molecule has 3 fully saturated rings. The Morgan fingerprint density at radius 1 is 1.07 bits per heavy atom. The number of nitrogens with zero attached hydrogens (tertiary/aromatic N) is 2. The summed E-state index contributed by atoms with van der Waals surface area (Å²) >= 11 is 0. The zero-order valence-electron chi connectivity index (χ0n) is 18.9. The number of hydrogen-bond donors (Lipinski definition) is 0. The van der Waals surface area contributed by atoms with E-state index in [9.17, 15) is 4.79 Å². The second kappa shape index (κ2) is 6.97. The Morgan fingerprint density at radius 2 is 1.70 bits per heavy atom. The molecule has 5 rings (SSSR count). The molecule has 1 amide bonds. The Balaban J connectivity index is 1.54. The van der Waals surface area contributed by atoms with Gasteiger partial charge in [0.2, 0.25) is 0 Å². The molecule has 30 heavy (non-hydrogen) atoms. The number of fused-ring (bicyclic) bond motifs is 1. The topological polar surface area (TPSA) is 51.2 Å². The minimum Gasteiger partial charge on any atom is -0.399 e. The Morgan fingerprint density at radius 3 is 2.30 bits per heavy atom. The van der Waals surface area contributed by atoms with Gasteiger partial charge in [0.25, 0.3) is 5.91 Å². The van der Waals surface area contributed by atoms with Crippen LogP contribution >= 0.6 is 0 Å². The number of carbonyl (C=O) groups is 1. The van der Waals surface area contributed by atoms with E-state index in [1.54, 1.807) is 0 Å². The lowest BCUT2D eigenvalue weighted by atomic mass is 9.77. The van der Waals surface area contributed by atoms with E-state index in [-0.39, 0.29) is 5.91 Å². The molecule has 0 unspecified atom stereocenters. The first kappa shape index (κ1) is 20.3. The van der Waals surface area contributed by atoms with Crippen molar-refractivity contribution in [2.75, 3.05) is 31.2 Å². The van der Waals surface area contributed by atoms with E-state index in [0.29, 0.717) is 31.7 Å². The molecular weight excluding hydrogens is 379 g/mol. The average molecular weight is 412 g/mol. The summed E-state index contributed by atoms with van der Waals surface area (Å²) in [4.78, 5) is 17.8. The highest BCUT2D eigenvalue weighted by atomic mass is 16.7. The largest absolute Gasteiger partial charge is 0.494 e. The van der Waals surface area contributed by atoms with Gasteiger partial charge in [0.05, 0.1) is 30.0 Å². The third-order valence-electron chi connectivity index (χ3n) is 7.71. The van der Waals surface area contributed by atoms with Crippen molar-refractivity contribution in [3.8, 4) is 0 Å². The molecule has 1 aromatic carbocycles. The van der Waals surface area contributed by atoms with Gasteiger partial charge >= 0.3 is 7.12 Å². The van der Waals surface area contributed by atoms with Gasteiger partial charge in [-0.25, -0.2) is 0 Å². The molecule has 0 bridgehead atoms. The number of carbonyl (C=O) groups excluding carboxylic acids is 1. The van der Waals surface area contributed by atoms with E-state index >= 15 is 0 Å². The Kier molecular flexibility index (Phi) is 4.73. The molecule has 1 aromatic rings. The lowest BCUT2D eigenvalue weighted by Crippen LogP contribution is -2.41. The number of rotatable bonds is 4. The zero-order chi connectivity index (χ0) is 21.3. The normalized spacial score (nSPS) is 26.3. The van der Waals surface area contributed by atoms with Gasteiger partial charge in [0, 0.05) is 31.4 Å². The second-order valence-corrected chi connectivity index (χ2v) is 10.3. The van der Waals surface area contributed by atoms with Crippen LogP contribution in [-0.2, 0) is 20.6 Å². The summed E-state index contributed by atoms with van der Waals surface area (Å²) in [5, 5.41) is 0. The Bertz CT molecular complexity index is 845. The molecule has 3 heterocycles. The second-order valence-electron chi connectivity index (χ2n) is 10.3. The predicted molar refractivity (Wildman–Crippen MR) is 117 cm³/mol. The summed E-state index contributed by atoms with van der Waals surface area (Å²) in [5.74, 6) is 0.823. The number of ether oxygens (including phenoxy) is 1. The van der Waals surface area contributed by atoms with Crippen molar-refractivity contribution in [3.63, 3.8) is 0 Å². The molecule has 6 nitrogen and oxygen atoms in total. The summed E-state index contributed by atoms with van der Waals surface area (Å²) in [5.41, 5.74) is 3.19. The molecule has 2 saturated heterocycles. The molecule has 162 valence electrons. The van der Waals surface area contributed by atoms with Crippen molar-refractivity contribution in [3.05, 3.63) is 23.3 Å². The molecule has 1 aliphatic carbocycles. The first-order valence-corrected chi connectivity index (χ1v) is 11.3. The standard InChI is InChI=1S/C23H33BN2O4/c1-15(16-6-7-16)26-14-17-12-18(24-29-22(2,3)23(4,5)30-24)13-19(20(17)21(26)27)25-8-10-28-11-9-25/h12-13,15-16H,6-11,14H2,1-5H3/t15-/m0/s1. The third kappa shape index (κ3) is 3.26. The highest BCUT2D eigenvalue weighted by Gasteiger charge is 2.52. The van der Waals surface area contributed by atoms with Gasteiger partial charge < -0.3 is 23.8 Å². The molecular formula is C23H33BN2O4. The van der Waals surface area contributed by atoms with Crippen LogP contribution in [0.2, 0.25) is 0 Å². The zero-order valence-corrected chi connectivity index (χ0v) is 18.9. The van der Waals surface area contributed by atoms with Crippen LogP contribution in [0.15, 0.2) is 12.1 Å². The van der Waals surface area contributed by atoms with Crippen LogP contribution in [0.25, 0.3) is 0 Å². The first-order chi connectivity index (χ1) is 14.2. The van der Waals surface area contributed by atoms with Crippen LogP contribution < -0.4 is 10.4 Å². The SMILES string of the molecule is C[C@@H](C1CC1)N1Cc2cc(B3OC(C)(C)C(C)(C)O3)cc(N3CCOCC3)c2C1=O. The molecule has 0 N–H and O–H groups in total. The van der Waals surface area contributed by atoms with E-state index in [4.69, 9.17) is 14.0 Å². The van der Waals surface area contributed by atoms with Crippen LogP contribution in [0.3, 0.4) is 0 Å². The minimum atomic E-state index is -0.426. The molecule has 1 saturated carbocycles. The van der Waals surface area contributed by atoms with Gasteiger partial charge in [0.15, 0.2) is 0 Å². The lowest BCUT2D eigenvalue weighted by Gasteiger charge is -2.32. The first-order valence-electron chi connectivity index (χ1n) is 11.3. The van der Waals surface area contributed by atoms with Crippen LogP contribution in [0.5, 0.6) is 0 Å². The fourth-order valence-electron chi connectivity index (χ4n) is 4.81. The summed E-state index contributed by atoms with van der Waals surface area (Å²) in [6.07, 6.45) is 2.47. The van der Waals surface area contributed by atoms with Crippen molar-refractivity contribution >= 4 is 24.2 Å². The summed E-state index contributed by atoms with van der Waals surface area (Å²) in [7, 11) is -0.426. The predicted octanol–water partition coefficient (Wildman–Crippen LogP) is 2.58. The Hall–Kier alpha value is -1.57. The van der Waals surface area contributed by atoms with E-state index in [0.717, 1.165) is 35.4 Å². The van der Waals surface area contributed by atoms with E-state index in [1.165, 1.54) is 12.8 Å². The van der Waals surface area contributed by atoms with Crippen molar-refractivity contribution < 1.29 is 18.8 Å². The van der Waals surface area contributed by atoms with Crippen molar-refractivity contribution in [1.29, 1.82) is 0 Å². The molecule has 0 spiro atoms. The number of hydrogen-bond acceptors (Lipinski definition) is 5. The molecule has 4 aliphatic rings. The number of amides is 1. The van der Waals surface area contributed by atoms with Gasteiger partial charge in [-0.2, -0.15) is 0 Å². The van der Waals surface area contributed by atoms with E-state index in [2.05, 4.69) is 56.6 Å². The summed E-state index contributed by atoms with van der Waals surface area (Å²) in [6, 6.07) is 4.55. The van der Waals surface area contributed by atoms with Gasteiger partial charge in [-0.15, -0.1) is 0 Å². The maximum atomic E-state index is 13.5. The molecule has 1 atom stereocenters. The fraction of sp³-hybridized carbons (Fsp3) is 0.696. The van der Waals surface area contributed by atoms with Gasteiger partial charge in [-0.1, -0.05) is 6.07 Å². The highest BCUT2D eigenvalue weighted by Crippen LogP contribution is 2.41. The van der Waals surface area contributed by atoms with Gasteiger partial charge in [-0.05, 0) is 70.5 Å². The maximum absolute atomic E-state index is 13.5. The van der Waals surface area contributed by atoms with Crippen LogP contribution in [-0.4, -0.2) is 61.5 Å². The van der Waals surface area contributed by atoms with Crippen LogP contribution in [0, 0.1) is 5.92 Å². The van der Waals surface area contributed by atoms with Crippen molar-refractivity contribution in [2.24, 2.45) is 5.92 Å². The molecule has 3 aliphatic heterocycles. The van der Waals surface area contributed by atoms with Crippen LogP contribution in [0.1, 0.15) is 63.4 Å². The van der Waals surface area contributed by atoms with E-state index in [1.807, 2.05) is 0 Å².